The Kier molecular flexibility index (Phi) is 4.34. The molecule has 0 aliphatic carbocycles. The molecule has 5 nitrogen and oxygen atoms in total. The van der Waals surface area contributed by atoms with Gasteiger partial charge in [0.15, 0.2) is 0 Å². The van der Waals surface area contributed by atoms with Crippen LogP contribution in [-0.2, 0) is 18.3 Å². The lowest BCUT2D eigenvalue weighted by molar-refractivity contribution is -0.123. The molecule has 19 heavy (non-hydrogen) atoms. The zero-order valence-corrected chi connectivity index (χ0v) is 11.9. The van der Waals surface area contributed by atoms with Gasteiger partial charge in [0, 0.05) is 24.8 Å². The van der Waals surface area contributed by atoms with Crippen molar-refractivity contribution < 1.29 is 4.79 Å². The maximum absolute atomic E-state index is 12.0. The van der Waals surface area contributed by atoms with Crippen LogP contribution < -0.4 is 11.1 Å². The van der Waals surface area contributed by atoms with E-state index in [2.05, 4.69) is 21.9 Å². The summed E-state index contributed by atoms with van der Waals surface area (Å²) in [7, 11) is 1.80. The molecule has 102 valence electrons. The third-order valence-electron chi connectivity index (χ3n) is 2.88. The summed E-state index contributed by atoms with van der Waals surface area (Å²) in [4.78, 5) is 12.0. The van der Waals surface area contributed by atoms with Gasteiger partial charge in [0.25, 0.3) is 0 Å². The number of thiophene rings is 1. The Morgan fingerprint density at radius 3 is 3.00 bits per heavy atom. The molecule has 0 saturated heterocycles. The van der Waals surface area contributed by atoms with Crippen molar-refractivity contribution in [2.45, 2.75) is 25.4 Å². The van der Waals surface area contributed by atoms with Crippen LogP contribution in [0.3, 0.4) is 0 Å². The normalized spacial score (nSPS) is 14.1. The highest BCUT2D eigenvalue weighted by atomic mass is 32.1. The van der Waals surface area contributed by atoms with Gasteiger partial charge in [-0.3, -0.25) is 9.48 Å². The van der Waals surface area contributed by atoms with Gasteiger partial charge in [-0.25, -0.2) is 0 Å². The number of nitrogens with two attached hydrogens (primary N) is 1. The average Bonchev–Trinajstić information content (AvgIpc) is 2.99. The van der Waals surface area contributed by atoms with Crippen LogP contribution in [0.15, 0.2) is 29.2 Å². The summed E-state index contributed by atoms with van der Waals surface area (Å²) in [5.41, 5.74) is 7.86. The minimum absolute atomic E-state index is 0.0600. The number of hydrogen-bond acceptors (Lipinski definition) is 4. The molecule has 0 aliphatic rings. The highest BCUT2D eigenvalue weighted by Gasteiger charge is 2.19. The Balaban J connectivity index is 1.89. The van der Waals surface area contributed by atoms with Crippen molar-refractivity contribution in [2.24, 2.45) is 12.8 Å². The molecule has 0 aromatic carbocycles. The molecule has 2 atom stereocenters. The molecule has 0 saturated carbocycles. The average molecular weight is 278 g/mol. The quantitative estimate of drug-likeness (QED) is 0.864. The van der Waals surface area contributed by atoms with Gasteiger partial charge < -0.3 is 11.1 Å². The van der Waals surface area contributed by atoms with Crippen LogP contribution in [0, 0.1) is 0 Å². The second-order valence-electron chi connectivity index (χ2n) is 4.67. The fourth-order valence-corrected chi connectivity index (χ4v) is 2.58. The Bertz CT molecular complexity index is 535. The number of aromatic nitrogens is 2. The van der Waals surface area contributed by atoms with Gasteiger partial charge in [0.2, 0.25) is 5.91 Å². The van der Waals surface area contributed by atoms with Crippen LogP contribution in [0.1, 0.15) is 24.1 Å². The summed E-state index contributed by atoms with van der Waals surface area (Å²) >= 11 is 1.66. The molecule has 2 rings (SSSR count). The van der Waals surface area contributed by atoms with Crippen LogP contribution in [0.5, 0.6) is 0 Å². The van der Waals surface area contributed by atoms with Crippen molar-refractivity contribution in [3.63, 3.8) is 0 Å². The maximum Gasteiger partial charge on any atom is 0.241 e. The Labute approximate surface area is 116 Å². The summed E-state index contributed by atoms with van der Waals surface area (Å²) in [5.74, 6) is -0.171. The highest BCUT2D eigenvalue weighted by Crippen LogP contribution is 2.11. The van der Waals surface area contributed by atoms with Crippen molar-refractivity contribution >= 4 is 17.2 Å². The molecule has 2 aromatic rings. The highest BCUT2D eigenvalue weighted by molar-refractivity contribution is 7.07. The van der Waals surface area contributed by atoms with E-state index in [0.29, 0.717) is 0 Å². The zero-order chi connectivity index (χ0) is 13.8. The first-order valence-electron chi connectivity index (χ1n) is 6.12. The molecule has 0 bridgehead atoms. The molecule has 1 amide bonds. The lowest BCUT2D eigenvalue weighted by Crippen LogP contribution is -2.40. The first-order valence-corrected chi connectivity index (χ1v) is 7.06. The number of amides is 1. The minimum atomic E-state index is -0.668. The monoisotopic (exact) mass is 278 g/mol. The largest absolute Gasteiger partial charge is 0.352 e. The number of hydrogen-bond donors (Lipinski definition) is 2. The van der Waals surface area contributed by atoms with E-state index in [1.54, 1.807) is 35.5 Å². The lowest BCUT2D eigenvalue weighted by atomic mass is 10.1. The summed E-state index contributed by atoms with van der Waals surface area (Å²) < 4.78 is 1.64. The first kappa shape index (κ1) is 13.8. The number of rotatable bonds is 5. The van der Waals surface area contributed by atoms with E-state index in [9.17, 15) is 4.79 Å². The lowest BCUT2D eigenvalue weighted by Gasteiger charge is -2.16. The van der Waals surface area contributed by atoms with E-state index in [0.717, 1.165) is 12.0 Å². The van der Waals surface area contributed by atoms with Gasteiger partial charge in [0.05, 0.1) is 6.20 Å². The van der Waals surface area contributed by atoms with Gasteiger partial charge in [-0.1, -0.05) is 0 Å². The van der Waals surface area contributed by atoms with Crippen molar-refractivity contribution in [3.8, 4) is 0 Å². The van der Waals surface area contributed by atoms with E-state index in [4.69, 9.17) is 5.73 Å². The predicted octanol–water partition coefficient (Wildman–Crippen LogP) is 1.23. The molecule has 2 aromatic heterocycles. The first-order chi connectivity index (χ1) is 9.06. The molecule has 0 aliphatic heterocycles. The molecule has 0 spiro atoms. The minimum Gasteiger partial charge on any atom is -0.352 e. The van der Waals surface area contributed by atoms with Crippen LogP contribution in [0.2, 0.25) is 0 Å². The van der Waals surface area contributed by atoms with Gasteiger partial charge >= 0.3 is 0 Å². The van der Waals surface area contributed by atoms with E-state index in [1.807, 2.05) is 12.3 Å². The Hall–Kier alpha value is -1.66. The van der Waals surface area contributed by atoms with Crippen molar-refractivity contribution in [1.82, 2.24) is 15.1 Å². The van der Waals surface area contributed by atoms with Crippen LogP contribution in [0.25, 0.3) is 0 Å². The Morgan fingerprint density at radius 2 is 2.42 bits per heavy atom. The summed E-state index contributed by atoms with van der Waals surface area (Å²) in [6.45, 7) is 1.98. The molecule has 2 heterocycles. The van der Waals surface area contributed by atoms with E-state index in [1.165, 1.54) is 5.56 Å². The molecule has 0 fully saturated rings. The topological polar surface area (TPSA) is 72.9 Å². The number of aryl methyl sites for hydroxylation is 1. The van der Waals surface area contributed by atoms with Crippen molar-refractivity contribution in [2.75, 3.05) is 0 Å². The molecular weight excluding hydrogens is 260 g/mol. The Morgan fingerprint density at radius 1 is 1.63 bits per heavy atom. The van der Waals surface area contributed by atoms with Crippen molar-refractivity contribution in [3.05, 3.63) is 40.3 Å². The third-order valence-corrected chi connectivity index (χ3v) is 3.61. The summed E-state index contributed by atoms with van der Waals surface area (Å²) in [6.07, 6.45) is 4.19. The number of carbonyl (C=O) groups excluding carboxylic acids is 1. The second kappa shape index (κ2) is 5.99. The van der Waals surface area contributed by atoms with E-state index in [-0.39, 0.29) is 11.9 Å². The zero-order valence-electron chi connectivity index (χ0n) is 11.0. The predicted molar refractivity (Wildman–Crippen MR) is 75.8 cm³/mol. The van der Waals surface area contributed by atoms with Crippen molar-refractivity contribution in [1.29, 1.82) is 0 Å². The van der Waals surface area contributed by atoms with Crippen LogP contribution in [0.4, 0.5) is 0 Å². The van der Waals surface area contributed by atoms with Gasteiger partial charge in [0.1, 0.15) is 6.04 Å². The molecule has 3 N–H and O–H groups in total. The van der Waals surface area contributed by atoms with Crippen LogP contribution in [-0.4, -0.2) is 21.7 Å². The number of nitrogens with one attached hydrogen (secondary N) is 1. The fraction of sp³-hybridized carbons (Fsp3) is 0.385. The standard InChI is InChI=1S/C13H18N4OS/c1-9(5-10-3-4-19-8-10)16-13(18)12(14)11-6-15-17(2)7-11/h3-4,6-9,12H,5,14H2,1-2H3,(H,16,18). The molecule has 2 unspecified atom stereocenters. The van der Waals surface area contributed by atoms with Gasteiger partial charge in [-0.05, 0) is 35.7 Å². The third kappa shape index (κ3) is 3.65. The van der Waals surface area contributed by atoms with E-state index < -0.39 is 6.04 Å². The maximum atomic E-state index is 12.0. The van der Waals surface area contributed by atoms with Crippen LogP contribution >= 0.6 is 11.3 Å². The number of nitrogens with zero attached hydrogens (tertiary/aromatic N) is 2. The van der Waals surface area contributed by atoms with Gasteiger partial charge in [-0.15, -0.1) is 0 Å². The number of carbonyl (C=O) groups is 1. The van der Waals surface area contributed by atoms with Gasteiger partial charge in [-0.2, -0.15) is 16.4 Å². The summed E-state index contributed by atoms with van der Waals surface area (Å²) in [6, 6.07) is 1.46. The molecular formula is C13H18N4OS. The second-order valence-corrected chi connectivity index (χ2v) is 5.45. The molecule has 6 heteroatoms. The molecule has 0 radical (unpaired) electrons. The summed E-state index contributed by atoms with van der Waals surface area (Å²) in [5, 5.41) is 11.1. The van der Waals surface area contributed by atoms with E-state index >= 15 is 0 Å². The smallest absolute Gasteiger partial charge is 0.241 e. The fourth-order valence-electron chi connectivity index (χ4n) is 1.90. The SMILES string of the molecule is CC(Cc1ccsc1)NC(=O)C(N)c1cnn(C)c1.